The first-order chi connectivity index (χ1) is 6.18. The summed E-state index contributed by atoms with van der Waals surface area (Å²) in [5.41, 5.74) is 6.33. The van der Waals surface area contributed by atoms with Gasteiger partial charge >= 0.3 is 0 Å². The van der Waals surface area contributed by atoms with Crippen LogP contribution in [0.3, 0.4) is 0 Å². The van der Waals surface area contributed by atoms with Crippen LogP contribution < -0.4 is 10.5 Å². The van der Waals surface area contributed by atoms with Crippen LogP contribution in [0.1, 0.15) is 11.7 Å². The van der Waals surface area contributed by atoms with Crippen LogP contribution in [0.25, 0.3) is 0 Å². The quantitative estimate of drug-likeness (QED) is 0.658. The summed E-state index contributed by atoms with van der Waals surface area (Å²) in [6.45, 7) is 0.328. The van der Waals surface area contributed by atoms with Gasteiger partial charge in [-0.05, 0) is 12.1 Å². The van der Waals surface area contributed by atoms with Gasteiger partial charge in [-0.25, -0.2) is 0 Å². The van der Waals surface area contributed by atoms with Crippen LogP contribution in [-0.2, 0) is 0 Å². The molecule has 0 aliphatic carbocycles. The fraction of sp³-hybridized carbons (Fsp3) is 0.333. The highest BCUT2D eigenvalue weighted by molar-refractivity contribution is 6.30. The van der Waals surface area contributed by atoms with Crippen LogP contribution in [0.4, 0.5) is 0 Å². The molecule has 0 saturated carbocycles. The van der Waals surface area contributed by atoms with Crippen molar-refractivity contribution in [2.24, 2.45) is 5.73 Å². The lowest BCUT2D eigenvalue weighted by Gasteiger charge is -2.27. The van der Waals surface area contributed by atoms with Crippen LogP contribution in [0.5, 0.6) is 5.75 Å². The smallest absolute Gasteiger partial charge is 0.126 e. The van der Waals surface area contributed by atoms with E-state index in [1.807, 2.05) is 0 Å². The maximum absolute atomic E-state index is 9.67. The molecule has 0 saturated heterocycles. The van der Waals surface area contributed by atoms with Crippen LogP contribution in [0.15, 0.2) is 18.2 Å². The van der Waals surface area contributed by atoms with Gasteiger partial charge in [-0.1, -0.05) is 17.7 Å². The number of nitrogens with two attached hydrogens (primary N) is 1. The number of hydrogen-bond acceptors (Lipinski definition) is 3. The van der Waals surface area contributed by atoms with Crippen LogP contribution in [-0.4, -0.2) is 17.8 Å². The summed E-state index contributed by atoms with van der Waals surface area (Å²) in [5.74, 6) is 0.627. The molecule has 13 heavy (non-hydrogen) atoms. The van der Waals surface area contributed by atoms with E-state index >= 15 is 0 Å². The van der Waals surface area contributed by atoms with E-state index in [0.29, 0.717) is 22.9 Å². The molecule has 0 bridgehead atoms. The van der Waals surface area contributed by atoms with Gasteiger partial charge in [0, 0.05) is 10.6 Å². The van der Waals surface area contributed by atoms with E-state index in [1.54, 1.807) is 18.2 Å². The van der Waals surface area contributed by atoms with Crippen molar-refractivity contribution >= 4 is 11.6 Å². The standard InChI is InChI=1S/C9H10ClNO2/c10-5-1-2-6-8(3-5)13-4-7(11)9(6)12/h1-3,7,9,12H,4,11H2/t7-,9+/m1/s1. The second-order valence-electron chi connectivity index (χ2n) is 3.10. The highest BCUT2D eigenvalue weighted by atomic mass is 35.5. The van der Waals surface area contributed by atoms with Crippen molar-refractivity contribution in [3.63, 3.8) is 0 Å². The summed E-state index contributed by atoms with van der Waals surface area (Å²) in [7, 11) is 0. The zero-order chi connectivity index (χ0) is 9.42. The normalized spacial score (nSPS) is 26.4. The highest BCUT2D eigenvalue weighted by Gasteiger charge is 2.26. The number of aliphatic hydroxyl groups is 1. The Kier molecular flexibility index (Phi) is 2.15. The molecule has 2 atom stereocenters. The number of benzene rings is 1. The molecule has 70 valence electrons. The Morgan fingerprint density at radius 1 is 1.54 bits per heavy atom. The molecule has 3 nitrogen and oxygen atoms in total. The van der Waals surface area contributed by atoms with E-state index in [1.165, 1.54) is 0 Å². The molecule has 0 spiro atoms. The summed E-state index contributed by atoms with van der Waals surface area (Å²) in [5, 5.41) is 10.3. The zero-order valence-electron chi connectivity index (χ0n) is 6.90. The first-order valence-electron chi connectivity index (χ1n) is 4.04. The first-order valence-corrected chi connectivity index (χ1v) is 4.42. The second kappa shape index (κ2) is 3.18. The molecule has 1 heterocycles. The molecular formula is C9H10ClNO2. The third kappa shape index (κ3) is 1.50. The van der Waals surface area contributed by atoms with Gasteiger partial charge in [-0.3, -0.25) is 0 Å². The van der Waals surface area contributed by atoms with E-state index in [0.717, 1.165) is 0 Å². The second-order valence-corrected chi connectivity index (χ2v) is 3.54. The topological polar surface area (TPSA) is 55.5 Å². The minimum atomic E-state index is -0.652. The fourth-order valence-electron chi connectivity index (χ4n) is 1.39. The van der Waals surface area contributed by atoms with Gasteiger partial charge in [0.25, 0.3) is 0 Å². The molecule has 4 heteroatoms. The van der Waals surface area contributed by atoms with Crippen molar-refractivity contribution in [3.8, 4) is 5.75 Å². The van der Waals surface area contributed by atoms with Gasteiger partial charge in [-0.2, -0.15) is 0 Å². The highest BCUT2D eigenvalue weighted by Crippen LogP contribution is 2.33. The van der Waals surface area contributed by atoms with Gasteiger partial charge in [0.2, 0.25) is 0 Å². The average molecular weight is 200 g/mol. The lowest BCUT2D eigenvalue weighted by atomic mass is 10.0. The number of aliphatic hydroxyl groups excluding tert-OH is 1. The maximum Gasteiger partial charge on any atom is 0.126 e. The predicted octanol–water partition coefficient (Wildman–Crippen LogP) is 1.09. The molecule has 0 fully saturated rings. The Morgan fingerprint density at radius 2 is 2.31 bits per heavy atom. The predicted molar refractivity (Wildman–Crippen MR) is 49.9 cm³/mol. The number of halogens is 1. The number of fused-ring (bicyclic) bond motifs is 1. The van der Waals surface area contributed by atoms with Gasteiger partial charge in [0.05, 0.1) is 6.04 Å². The Bertz CT molecular complexity index is 329. The van der Waals surface area contributed by atoms with Crippen molar-refractivity contribution in [2.75, 3.05) is 6.61 Å². The third-order valence-electron chi connectivity index (χ3n) is 2.13. The molecule has 0 amide bonds. The summed E-state index contributed by atoms with van der Waals surface area (Å²) in [6, 6.07) is 4.78. The molecule has 0 aromatic heterocycles. The van der Waals surface area contributed by atoms with Crippen LogP contribution in [0.2, 0.25) is 5.02 Å². The van der Waals surface area contributed by atoms with Gasteiger partial charge in [0.15, 0.2) is 0 Å². The Hall–Kier alpha value is -0.770. The molecule has 1 aromatic rings. The molecular weight excluding hydrogens is 190 g/mol. The minimum absolute atomic E-state index is 0.328. The zero-order valence-corrected chi connectivity index (χ0v) is 7.66. The van der Waals surface area contributed by atoms with E-state index < -0.39 is 6.10 Å². The van der Waals surface area contributed by atoms with E-state index in [2.05, 4.69) is 0 Å². The molecule has 0 radical (unpaired) electrons. The largest absolute Gasteiger partial charge is 0.491 e. The summed E-state index contributed by atoms with van der Waals surface area (Å²) in [4.78, 5) is 0. The summed E-state index contributed by atoms with van der Waals surface area (Å²) in [6.07, 6.45) is -0.652. The lowest BCUT2D eigenvalue weighted by Crippen LogP contribution is -2.38. The van der Waals surface area contributed by atoms with Gasteiger partial charge in [-0.15, -0.1) is 0 Å². The van der Waals surface area contributed by atoms with Crippen LogP contribution >= 0.6 is 11.6 Å². The third-order valence-corrected chi connectivity index (χ3v) is 2.37. The van der Waals surface area contributed by atoms with Crippen molar-refractivity contribution < 1.29 is 9.84 Å². The fourth-order valence-corrected chi connectivity index (χ4v) is 1.55. The van der Waals surface area contributed by atoms with Gasteiger partial charge < -0.3 is 15.6 Å². The summed E-state index contributed by atoms with van der Waals surface area (Å²) >= 11 is 5.77. The van der Waals surface area contributed by atoms with Crippen LogP contribution in [0, 0.1) is 0 Å². The molecule has 3 N–H and O–H groups in total. The lowest BCUT2D eigenvalue weighted by molar-refractivity contribution is 0.0916. The molecule has 2 rings (SSSR count). The minimum Gasteiger partial charge on any atom is -0.491 e. The number of hydrogen-bond donors (Lipinski definition) is 2. The van der Waals surface area contributed by atoms with Crippen molar-refractivity contribution in [2.45, 2.75) is 12.1 Å². The summed E-state index contributed by atoms with van der Waals surface area (Å²) < 4.78 is 5.32. The Balaban J connectivity index is 2.44. The molecule has 1 aromatic carbocycles. The number of ether oxygens (including phenoxy) is 1. The average Bonchev–Trinajstić information content (AvgIpc) is 2.12. The van der Waals surface area contributed by atoms with Gasteiger partial charge in [0.1, 0.15) is 18.5 Å². The number of rotatable bonds is 0. The molecule has 0 unspecified atom stereocenters. The van der Waals surface area contributed by atoms with E-state index in [9.17, 15) is 5.11 Å². The maximum atomic E-state index is 9.67. The van der Waals surface area contributed by atoms with E-state index in [-0.39, 0.29) is 6.04 Å². The Morgan fingerprint density at radius 3 is 3.08 bits per heavy atom. The van der Waals surface area contributed by atoms with Crippen molar-refractivity contribution in [3.05, 3.63) is 28.8 Å². The SMILES string of the molecule is N[C@@H]1COc2cc(Cl)ccc2[C@@H]1O. The Labute approximate surface area is 81.1 Å². The molecule has 1 aliphatic heterocycles. The first kappa shape index (κ1) is 8.81. The van der Waals surface area contributed by atoms with E-state index in [4.69, 9.17) is 22.1 Å². The monoisotopic (exact) mass is 199 g/mol. The van der Waals surface area contributed by atoms with Crippen molar-refractivity contribution in [1.82, 2.24) is 0 Å². The molecule has 1 aliphatic rings. The van der Waals surface area contributed by atoms with Crippen molar-refractivity contribution in [1.29, 1.82) is 0 Å².